The van der Waals surface area contributed by atoms with Gasteiger partial charge in [0.25, 0.3) is 0 Å². The van der Waals surface area contributed by atoms with Crippen LogP contribution < -0.4 is 4.72 Å². The highest BCUT2D eigenvalue weighted by molar-refractivity contribution is 7.89. The van der Waals surface area contributed by atoms with Crippen LogP contribution in [0.3, 0.4) is 0 Å². The molecule has 0 aliphatic carbocycles. The molecule has 5 nitrogen and oxygen atoms in total. The first-order valence-corrected chi connectivity index (χ1v) is 6.39. The van der Waals surface area contributed by atoms with Crippen molar-refractivity contribution >= 4 is 16.0 Å². The lowest BCUT2D eigenvalue weighted by Gasteiger charge is -2.20. The van der Waals surface area contributed by atoms with E-state index in [4.69, 9.17) is 11.5 Å². The summed E-state index contributed by atoms with van der Waals surface area (Å²) in [7, 11) is -3.63. The molecule has 0 aliphatic rings. The summed E-state index contributed by atoms with van der Waals surface area (Å²) in [6, 6.07) is -1.25. The molecule has 0 rings (SSSR count). The van der Waals surface area contributed by atoms with Gasteiger partial charge in [-0.2, -0.15) is 4.72 Å². The number of terminal acetylenes is 1. The average molecular weight is 247 g/mol. The molecule has 2 N–H and O–H groups in total. The highest BCUT2D eigenvalue weighted by Crippen LogP contribution is 2.15. The van der Waals surface area contributed by atoms with E-state index < -0.39 is 27.4 Å². The molecule has 0 radical (unpaired) electrons. The summed E-state index contributed by atoms with van der Waals surface area (Å²) in [6.45, 7) is 5.26. The lowest BCUT2D eigenvalue weighted by molar-refractivity contribution is -0.138. The van der Waals surface area contributed by atoms with Crippen LogP contribution in [-0.4, -0.2) is 31.3 Å². The third kappa shape index (κ3) is 6.43. The second-order valence-corrected chi connectivity index (χ2v) is 6.49. The van der Waals surface area contributed by atoms with Crippen molar-refractivity contribution in [1.29, 1.82) is 0 Å². The van der Waals surface area contributed by atoms with Crippen LogP contribution in [0.15, 0.2) is 0 Å². The summed E-state index contributed by atoms with van der Waals surface area (Å²) < 4.78 is 25.3. The molecule has 1 unspecified atom stereocenters. The molecule has 0 amide bonds. The third-order valence-corrected chi connectivity index (χ3v) is 3.45. The fourth-order valence-electron chi connectivity index (χ4n) is 1.13. The van der Waals surface area contributed by atoms with Gasteiger partial charge in [0, 0.05) is 6.42 Å². The molecule has 6 heteroatoms. The zero-order valence-electron chi connectivity index (χ0n) is 9.65. The fraction of sp³-hybridized carbons (Fsp3) is 0.700. The van der Waals surface area contributed by atoms with Crippen LogP contribution in [0.1, 0.15) is 27.2 Å². The maximum Gasteiger partial charge on any atom is 0.322 e. The maximum atomic E-state index is 11.6. The number of carbonyl (C=O) groups is 1. The molecule has 92 valence electrons. The van der Waals surface area contributed by atoms with Gasteiger partial charge in [-0.3, -0.25) is 4.79 Å². The lowest BCUT2D eigenvalue weighted by Crippen LogP contribution is -2.43. The van der Waals surface area contributed by atoms with Gasteiger partial charge in [-0.15, -0.1) is 12.3 Å². The summed E-state index contributed by atoms with van der Waals surface area (Å²) in [5, 5.41) is 8.74. The van der Waals surface area contributed by atoms with Gasteiger partial charge in [0.2, 0.25) is 10.0 Å². The lowest BCUT2D eigenvalue weighted by atomic mass is 10.0. The van der Waals surface area contributed by atoms with E-state index in [1.807, 2.05) is 0 Å². The first kappa shape index (κ1) is 14.9. The molecule has 0 aromatic carbocycles. The normalized spacial score (nSPS) is 14.1. The number of nitrogens with one attached hydrogen (secondary N) is 1. The molecule has 0 spiro atoms. The number of sulfonamides is 1. The van der Waals surface area contributed by atoms with Crippen LogP contribution in [0.25, 0.3) is 0 Å². The maximum absolute atomic E-state index is 11.6. The van der Waals surface area contributed by atoms with Crippen molar-refractivity contribution in [1.82, 2.24) is 4.72 Å². The van der Waals surface area contributed by atoms with Gasteiger partial charge in [-0.1, -0.05) is 20.8 Å². The van der Waals surface area contributed by atoms with E-state index in [2.05, 4.69) is 10.6 Å². The Balaban J connectivity index is 4.69. The number of hydrogen-bond acceptors (Lipinski definition) is 3. The Hall–Kier alpha value is -1.06. The van der Waals surface area contributed by atoms with E-state index in [0.717, 1.165) is 0 Å². The van der Waals surface area contributed by atoms with Crippen molar-refractivity contribution in [3.8, 4) is 12.3 Å². The predicted molar refractivity (Wildman–Crippen MR) is 61.3 cm³/mol. The number of aliphatic carboxylic acids is 1. The Kier molecular flexibility index (Phi) is 4.97. The number of carboxylic acids is 1. The van der Waals surface area contributed by atoms with Gasteiger partial charge in [0.1, 0.15) is 6.04 Å². The summed E-state index contributed by atoms with van der Waals surface area (Å²) in [4.78, 5) is 10.7. The SMILES string of the molecule is C#CCC(NS(=O)(=O)CC(C)(C)C)C(=O)O. The summed E-state index contributed by atoms with van der Waals surface area (Å²) in [5.41, 5.74) is -0.439. The van der Waals surface area contributed by atoms with Crippen molar-refractivity contribution in [3.05, 3.63) is 0 Å². The van der Waals surface area contributed by atoms with E-state index in [-0.39, 0.29) is 12.2 Å². The molecule has 0 aromatic heterocycles. The number of carboxylic acid groups (broad SMARTS) is 1. The monoisotopic (exact) mass is 247 g/mol. The molecule has 0 heterocycles. The second kappa shape index (κ2) is 5.32. The van der Waals surface area contributed by atoms with Gasteiger partial charge in [-0.25, -0.2) is 8.42 Å². The topological polar surface area (TPSA) is 83.5 Å². The Morgan fingerprint density at radius 3 is 2.31 bits per heavy atom. The predicted octanol–water partition coefficient (Wildman–Crippen LogP) is 0.428. The van der Waals surface area contributed by atoms with Crippen LogP contribution in [0, 0.1) is 17.8 Å². The fourth-order valence-corrected chi connectivity index (χ4v) is 2.97. The second-order valence-electron chi connectivity index (χ2n) is 4.74. The van der Waals surface area contributed by atoms with E-state index >= 15 is 0 Å². The van der Waals surface area contributed by atoms with Crippen LogP contribution in [0.4, 0.5) is 0 Å². The van der Waals surface area contributed by atoms with Crippen molar-refractivity contribution in [2.75, 3.05) is 5.75 Å². The van der Waals surface area contributed by atoms with Crippen molar-refractivity contribution in [2.24, 2.45) is 5.41 Å². The van der Waals surface area contributed by atoms with E-state index in [0.29, 0.717) is 0 Å². The quantitative estimate of drug-likeness (QED) is 0.690. The summed E-state index contributed by atoms with van der Waals surface area (Å²) >= 11 is 0. The van der Waals surface area contributed by atoms with Crippen LogP contribution in [-0.2, 0) is 14.8 Å². The average Bonchev–Trinajstić information content (AvgIpc) is 1.97. The first-order valence-electron chi connectivity index (χ1n) is 4.74. The minimum atomic E-state index is -3.63. The third-order valence-electron chi connectivity index (χ3n) is 1.56. The van der Waals surface area contributed by atoms with E-state index in [1.165, 1.54) is 0 Å². The first-order chi connectivity index (χ1) is 7.07. The van der Waals surface area contributed by atoms with Crippen molar-refractivity contribution in [2.45, 2.75) is 33.2 Å². The van der Waals surface area contributed by atoms with Gasteiger partial charge < -0.3 is 5.11 Å². The van der Waals surface area contributed by atoms with Gasteiger partial charge in [0.15, 0.2) is 0 Å². The van der Waals surface area contributed by atoms with Crippen molar-refractivity contribution < 1.29 is 18.3 Å². The Labute approximate surface area is 96.3 Å². The zero-order valence-corrected chi connectivity index (χ0v) is 10.5. The summed E-state index contributed by atoms with van der Waals surface area (Å²) in [6.07, 6.45) is 4.80. The minimum absolute atomic E-state index is 0.144. The minimum Gasteiger partial charge on any atom is -0.480 e. The van der Waals surface area contributed by atoms with Gasteiger partial charge in [-0.05, 0) is 5.41 Å². The van der Waals surface area contributed by atoms with Crippen LogP contribution >= 0.6 is 0 Å². The molecule has 0 aliphatic heterocycles. The molecular weight excluding hydrogens is 230 g/mol. The standard InChI is InChI=1S/C10H17NO4S/c1-5-6-8(9(12)13)11-16(14,15)7-10(2,3)4/h1,8,11H,6-7H2,2-4H3,(H,12,13). The molecule has 1 atom stereocenters. The van der Waals surface area contributed by atoms with Crippen molar-refractivity contribution in [3.63, 3.8) is 0 Å². The molecule has 0 saturated carbocycles. The van der Waals surface area contributed by atoms with Gasteiger partial charge in [0.05, 0.1) is 5.75 Å². The van der Waals surface area contributed by atoms with E-state index in [9.17, 15) is 13.2 Å². The summed E-state index contributed by atoms with van der Waals surface area (Å²) in [5.74, 6) is 0.714. The largest absolute Gasteiger partial charge is 0.480 e. The molecular formula is C10H17NO4S. The molecule has 16 heavy (non-hydrogen) atoms. The number of hydrogen-bond donors (Lipinski definition) is 2. The molecule has 0 saturated heterocycles. The van der Waals surface area contributed by atoms with Gasteiger partial charge >= 0.3 is 5.97 Å². The Morgan fingerprint density at radius 2 is 2.00 bits per heavy atom. The Bertz CT molecular complexity index is 386. The van der Waals surface area contributed by atoms with Crippen LogP contribution in [0.5, 0.6) is 0 Å². The smallest absolute Gasteiger partial charge is 0.322 e. The van der Waals surface area contributed by atoms with E-state index in [1.54, 1.807) is 20.8 Å². The Morgan fingerprint density at radius 1 is 1.50 bits per heavy atom. The zero-order chi connectivity index (χ0) is 13.0. The highest BCUT2D eigenvalue weighted by Gasteiger charge is 2.27. The van der Waals surface area contributed by atoms with Crippen LogP contribution in [0.2, 0.25) is 0 Å². The molecule has 0 bridgehead atoms. The molecule has 0 fully saturated rings. The number of rotatable bonds is 5. The molecule has 0 aromatic rings. The highest BCUT2D eigenvalue weighted by atomic mass is 32.2.